The zero-order valence-corrected chi connectivity index (χ0v) is 27.8. The van der Waals surface area contributed by atoms with E-state index in [2.05, 4.69) is 31.9 Å². The molecular formula is C38H42N8O3. The molecule has 3 aliphatic rings. The van der Waals surface area contributed by atoms with Crippen molar-refractivity contribution in [1.82, 2.24) is 34.9 Å². The van der Waals surface area contributed by atoms with Crippen LogP contribution in [0.2, 0.25) is 0 Å². The molecule has 2 N–H and O–H groups in total. The summed E-state index contributed by atoms with van der Waals surface area (Å²) in [5, 5.41) is 20.3. The summed E-state index contributed by atoms with van der Waals surface area (Å²) in [6, 6.07) is 19.6. The van der Waals surface area contributed by atoms with Crippen LogP contribution in [0.1, 0.15) is 67.0 Å². The van der Waals surface area contributed by atoms with Gasteiger partial charge in [0.2, 0.25) is 5.95 Å². The highest BCUT2D eigenvalue weighted by atomic mass is 16.6. The molecule has 3 aliphatic heterocycles. The van der Waals surface area contributed by atoms with Crippen LogP contribution in [0, 0.1) is 0 Å². The highest BCUT2D eigenvalue weighted by Gasteiger charge is 2.32. The lowest BCUT2D eigenvalue weighted by atomic mass is 9.89. The van der Waals surface area contributed by atoms with Crippen LogP contribution in [0.4, 0.5) is 10.7 Å². The third-order valence-corrected chi connectivity index (χ3v) is 10.7. The summed E-state index contributed by atoms with van der Waals surface area (Å²) in [6.07, 6.45) is 8.82. The van der Waals surface area contributed by atoms with Crippen molar-refractivity contribution in [3.8, 4) is 17.0 Å². The molecule has 0 radical (unpaired) electrons. The number of carbonyl (C=O) groups excluding carboxylic acids is 1. The van der Waals surface area contributed by atoms with Crippen LogP contribution >= 0.6 is 0 Å². The molecule has 3 aromatic heterocycles. The van der Waals surface area contributed by atoms with Gasteiger partial charge in [0.25, 0.3) is 0 Å². The highest BCUT2D eigenvalue weighted by molar-refractivity contribution is 5.86. The number of carbonyl (C=O) groups is 1. The summed E-state index contributed by atoms with van der Waals surface area (Å²) in [7, 11) is 0. The number of rotatable bonds is 6. The van der Waals surface area contributed by atoms with Gasteiger partial charge in [0.15, 0.2) is 5.65 Å². The number of ether oxygens (including phenoxy) is 1. The second-order valence-corrected chi connectivity index (χ2v) is 13.5. The number of fused-ring (bicyclic) bond motifs is 3. The van der Waals surface area contributed by atoms with Crippen molar-refractivity contribution in [2.24, 2.45) is 0 Å². The Kier molecular flexibility index (Phi) is 8.59. The fourth-order valence-electron chi connectivity index (χ4n) is 7.93. The van der Waals surface area contributed by atoms with Crippen LogP contribution in [0.25, 0.3) is 22.3 Å². The van der Waals surface area contributed by atoms with Gasteiger partial charge in [-0.05, 0) is 80.9 Å². The first-order valence-electron chi connectivity index (χ1n) is 17.5. The number of para-hydroxylation sites is 1. The van der Waals surface area contributed by atoms with Crippen LogP contribution < -0.4 is 4.90 Å². The first kappa shape index (κ1) is 31.3. The van der Waals surface area contributed by atoms with Crippen LogP contribution in [0.5, 0.6) is 5.75 Å². The molecule has 1 atom stereocenters. The fraction of sp³-hybridized carbons (Fsp3) is 0.395. The van der Waals surface area contributed by atoms with Crippen LogP contribution in [0.3, 0.4) is 0 Å². The lowest BCUT2D eigenvalue weighted by Gasteiger charge is -2.41. The Morgan fingerprint density at radius 3 is 2.41 bits per heavy atom. The van der Waals surface area contributed by atoms with Crippen molar-refractivity contribution in [1.29, 1.82) is 0 Å². The summed E-state index contributed by atoms with van der Waals surface area (Å²) >= 11 is 0. The number of piperidine rings is 2. The average Bonchev–Trinajstić information content (AvgIpc) is 3.54. The molecule has 11 heteroatoms. The van der Waals surface area contributed by atoms with Gasteiger partial charge >= 0.3 is 6.09 Å². The number of phenolic OH excluding ortho intramolecular Hbond substituents is 1. The Bertz CT molecular complexity index is 1920. The number of likely N-dealkylation sites (tertiary alicyclic amines) is 2. The summed E-state index contributed by atoms with van der Waals surface area (Å²) < 4.78 is 5.56. The molecule has 0 aliphatic carbocycles. The predicted molar refractivity (Wildman–Crippen MR) is 187 cm³/mol. The molecule has 0 bridgehead atoms. The summed E-state index contributed by atoms with van der Waals surface area (Å²) in [5.41, 5.74) is 6.64. The van der Waals surface area contributed by atoms with Crippen LogP contribution in [0.15, 0.2) is 73.1 Å². The van der Waals surface area contributed by atoms with Gasteiger partial charge in [-0.1, -0.05) is 42.5 Å². The number of H-pyrrole nitrogens is 1. The van der Waals surface area contributed by atoms with Crippen molar-refractivity contribution in [2.45, 2.75) is 63.6 Å². The van der Waals surface area contributed by atoms with Crippen molar-refractivity contribution in [3.05, 3.63) is 95.4 Å². The second kappa shape index (κ2) is 13.5. The largest absolute Gasteiger partial charge is 0.507 e. The number of hydrogen-bond acceptors (Lipinski definition) is 9. The molecule has 6 heterocycles. The summed E-state index contributed by atoms with van der Waals surface area (Å²) in [6.45, 7) is 6.90. The van der Waals surface area contributed by atoms with Crippen LogP contribution in [-0.4, -0.2) is 84.9 Å². The number of nitrogens with zero attached hydrogens (tertiary/aromatic N) is 7. The predicted octanol–water partition coefficient (Wildman–Crippen LogP) is 6.22. The summed E-state index contributed by atoms with van der Waals surface area (Å²) in [5.74, 6) is 1.38. The zero-order chi connectivity index (χ0) is 33.3. The van der Waals surface area contributed by atoms with Gasteiger partial charge in [-0.25, -0.2) is 14.8 Å². The van der Waals surface area contributed by atoms with Gasteiger partial charge in [-0.3, -0.25) is 0 Å². The van der Waals surface area contributed by atoms with Crippen molar-refractivity contribution >= 4 is 23.1 Å². The topological polar surface area (TPSA) is 124 Å². The standard InChI is InChI=1S/C38H42N8O3/c1-25-35-31-21-33(30-9-5-6-10-34(30)47)42-43-36(31)41-32(35)15-20-46(25)37-39-22-28(23-40-37)27-11-16-44(17-12-27)29-13-18-45(19-14-29)38(48)49-24-26-7-3-2-4-8-26/h2-10,21-23,25,27,29,47H,11-20,24H2,1H3,(H,41,43). The number of aromatic hydroxyl groups is 1. The number of anilines is 1. The number of phenols is 1. The second-order valence-electron chi connectivity index (χ2n) is 13.5. The Morgan fingerprint density at radius 1 is 0.918 bits per heavy atom. The highest BCUT2D eigenvalue weighted by Crippen LogP contribution is 2.39. The number of amides is 1. The smallest absolute Gasteiger partial charge is 0.410 e. The summed E-state index contributed by atoms with van der Waals surface area (Å²) in [4.78, 5) is 32.6. The molecule has 252 valence electrons. The van der Waals surface area contributed by atoms with Gasteiger partial charge in [-0.2, -0.15) is 0 Å². The minimum Gasteiger partial charge on any atom is -0.507 e. The van der Waals surface area contributed by atoms with Gasteiger partial charge in [-0.15, -0.1) is 10.2 Å². The van der Waals surface area contributed by atoms with E-state index in [0.29, 0.717) is 29.8 Å². The third-order valence-electron chi connectivity index (χ3n) is 10.7. The van der Waals surface area contributed by atoms with E-state index in [1.54, 1.807) is 12.1 Å². The minimum atomic E-state index is -0.210. The van der Waals surface area contributed by atoms with E-state index in [9.17, 15) is 9.90 Å². The lowest BCUT2D eigenvalue weighted by Crippen LogP contribution is -2.48. The molecule has 2 fully saturated rings. The number of aromatic nitrogens is 5. The van der Waals surface area contributed by atoms with Gasteiger partial charge in [0, 0.05) is 66.7 Å². The molecule has 11 nitrogen and oxygen atoms in total. The van der Waals surface area contributed by atoms with E-state index in [0.717, 1.165) is 87.4 Å². The molecule has 2 aromatic carbocycles. The van der Waals surface area contributed by atoms with E-state index in [4.69, 9.17) is 14.7 Å². The van der Waals surface area contributed by atoms with Crippen molar-refractivity contribution in [3.63, 3.8) is 0 Å². The maximum Gasteiger partial charge on any atom is 0.410 e. The molecule has 49 heavy (non-hydrogen) atoms. The molecule has 1 unspecified atom stereocenters. The van der Waals surface area contributed by atoms with Gasteiger partial charge in [0.1, 0.15) is 12.4 Å². The van der Waals surface area contributed by atoms with Gasteiger partial charge in [0.05, 0.1) is 11.7 Å². The van der Waals surface area contributed by atoms with Crippen molar-refractivity contribution in [2.75, 3.05) is 37.6 Å². The monoisotopic (exact) mass is 658 g/mol. The molecular weight excluding hydrogens is 616 g/mol. The Labute approximate surface area is 286 Å². The van der Waals surface area contributed by atoms with Crippen LogP contribution in [-0.2, 0) is 17.8 Å². The molecule has 2 saturated heterocycles. The number of hydrogen-bond donors (Lipinski definition) is 2. The Hall–Kier alpha value is -5.03. The maximum atomic E-state index is 12.6. The van der Waals surface area contributed by atoms with E-state index in [-0.39, 0.29) is 17.9 Å². The fourth-order valence-corrected chi connectivity index (χ4v) is 7.93. The van der Waals surface area contributed by atoms with E-state index < -0.39 is 0 Å². The SMILES string of the molecule is CC1c2c([nH]c3nnc(-c4ccccc4O)cc23)CCN1c1ncc(C2CCN(C3CCN(C(=O)OCc4ccccc4)CC3)CC2)cn1. The first-order valence-corrected chi connectivity index (χ1v) is 17.5. The first-order chi connectivity index (χ1) is 24.0. The Morgan fingerprint density at radius 2 is 1.65 bits per heavy atom. The van der Waals surface area contributed by atoms with E-state index in [1.807, 2.05) is 65.8 Å². The number of aromatic amines is 1. The molecule has 0 spiro atoms. The number of benzene rings is 2. The Balaban J connectivity index is 0.864. The average molecular weight is 659 g/mol. The maximum absolute atomic E-state index is 12.6. The molecule has 8 rings (SSSR count). The molecule has 5 aromatic rings. The van der Waals surface area contributed by atoms with Crippen molar-refractivity contribution < 1.29 is 14.6 Å². The van der Waals surface area contributed by atoms with Gasteiger partial charge < -0.3 is 29.5 Å². The molecule has 1 amide bonds. The van der Waals surface area contributed by atoms with E-state index in [1.165, 1.54) is 16.8 Å². The number of nitrogens with one attached hydrogen (secondary N) is 1. The normalized spacial score (nSPS) is 19.2. The lowest BCUT2D eigenvalue weighted by molar-refractivity contribution is 0.0608. The zero-order valence-electron chi connectivity index (χ0n) is 27.8. The molecule has 0 saturated carbocycles. The minimum absolute atomic E-state index is 0.0464. The third kappa shape index (κ3) is 6.30. The quantitative estimate of drug-likeness (QED) is 0.219. The van der Waals surface area contributed by atoms with E-state index >= 15 is 0 Å².